The third-order valence-corrected chi connectivity index (χ3v) is 2.92. The van der Waals surface area contributed by atoms with Gasteiger partial charge in [0.25, 0.3) is 0 Å². The number of ketones is 1. The lowest BCUT2D eigenvalue weighted by Gasteiger charge is -2.11. The topological polar surface area (TPSA) is 98.2 Å². The summed E-state index contributed by atoms with van der Waals surface area (Å²) in [5.74, 6) is -0.836. The summed E-state index contributed by atoms with van der Waals surface area (Å²) in [6.45, 7) is 1.60. The molecule has 7 nitrogen and oxygen atoms in total. The van der Waals surface area contributed by atoms with Gasteiger partial charge in [0.2, 0.25) is 11.8 Å². The van der Waals surface area contributed by atoms with Crippen molar-refractivity contribution in [3.63, 3.8) is 0 Å². The van der Waals surface area contributed by atoms with Crippen molar-refractivity contribution < 1.29 is 24.8 Å². The van der Waals surface area contributed by atoms with E-state index in [0.717, 1.165) is 19.3 Å². The van der Waals surface area contributed by atoms with Gasteiger partial charge in [-0.1, -0.05) is 12.8 Å². The van der Waals surface area contributed by atoms with Crippen LogP contribution in [0.5, 0.6) is 0 Å². The molecule has 0 aromatic carbocycles. The normalized spacial score (nSPS) is 10.2. The summed E-state index contributed by atoms with van der Waals surface area (Å²) in [6.07, 6.45) is 3.69. The Labute approximate surface area is 119 Å². The van der Waals surface area contributed by atoms with E-state index in [-0.39, 0.29) is 24.5 Å². The minimum Gasteiger partial charge on any atom is -0.300 e. The van der Waals surface area contributed by atoms with Crippen molar-refractivity contribution in [3.05, 3.63) is 0 Å². The van der Waals surface area contributed by atoms with Crippen molar-refractivity contribution in [1.29, 1.82) is 0 Å². The quantitative estimate of drug-likeness (QED) is 0.359. The molecule has 0 heterocycles. The van der Waals surface area contributed by atoms with Crippen molar-refractivity contribution in [1.82, 2.24) is 10.1 Å². The summed E-state index contributed by atoms with van der Waals surface area (Å²) in [5, 5.41) is 19.1. The average molecular weight is 288 g/mol. The van der Waals surface area contributed by atoms with Gasteiger partial charge in [-0.05, 0) is 12.8 Å². The molecule has 0 aliphatic rings. The fraction of sp³-hybridized carbons (Fsp3) is 0.769. The standard InChI is InChI=1S/C13H24N2O5/c1-11(16)15(20)10-6-4-3-5-7-12(17)8-9-13(18)14(2)19/h19-20H,3-10H2,1-2H3. The molecule has 0 saturated heterocycles. The van der Waals surface area contributed by atoms with Gasteiger partial charge in [-0.3, -0.25) is 24.8 Å². The number of hydrogen-bond acceptors (Lipinski definition) is 5. The maximum atomic E-state index is 11.5. The first-order valence-corrected chi connectivity index (χ1v) is 6.78. The Morgan fingerprint density at radius 1 is 0.900 bits per heavy atom. The van der Waals surface area contributed by atoms with Crippen LogP contribution in [-0.2, 0) is 14.4 Å². The molecule has 0 rings (SSSR count). The van der Waals surface area contributed by atoms with E-state index in [4.69, 9.17) is 10.4 Å². The summed E-state index contributed by atoms with van der Waals surface area (Å²) >= 11 is 0. The van der Waals surface area contributed by atoms with Crippen LogP contribution in [0.4, 0.5) is 0 Å². The van der Waals surface area contributed by atoms with Crippen molar-refractivity contribution >= 4 is 17.6 Å². The van der Waals surface area contributed by atoms with Crippen LogP contribution in [0.3, 0.4) is 0 Å². The van der Waals surface area contributed by atoms with Gasteiger partial charge in [-0.2, -0.15) is 0 Å². The molecule has 0 spiro atoms. The van der Waals surface area contributed by atoms with E-state index in [2.05, 4.69) is 0 Å². The fourth-order valence-electron chi connectivity index (χ4n) is 1.63. The van der Waals surface area contributed by atoms with Crippen LogP contribution >= 0.6 is 0 Å². The lowest BCUT2D eigenvalue weighted by molar-refractivity contribution is -0.162. The zero-order valence-electron chi connectivity index (χ0n) is 12.2. The predicted molar refractivity (Wildman–Crippen MR) is 71.1 cm³/mol. The number of Topliss-reactive ketones (excluding diaryl/α,β-unsaturated/α-hetero) is 1. The Morgan fingerprint density at radius 3 is 2.05 bits per heavy atom. The van der Waals surface area contributed by atoms with Gasteiger partial charge in [-0.25, -0.2) is 10.1 Å². The summed E-state index contributed by atoms with van der Waals surface area (Å²) in [7, 11) is 1.23. The Bertz CT molecular complexity index is 331. The zero-order valence-corrected chi connectivity index (χ0v) is 12.2. The molecule has 0 aliphatic heterocycles. The SMILES string of the molecule is CC(=O)N(O)CCCCCCC(=O)CCC(=O)N(C)O. The molecule has 0 bridgehead atoms. The lowest BCUT2D eigenvalue weighted by atomic mass is 10.1. The number of carbonyl (C=O) groups is 3. The van der Waals surface area contributed by atoms with Gasteiger partial charge in [-0.15, -0.1) is 0 Å². The van der Waals surface area contributed by atoms with Crippen LogP contribution < -0.4 is 0 Å². The minimum absolute atomic E-state index is 0.00715. The third kappa shape index (κ3) is 9.46. The highest BCUT2D eigenvalue weighted by Gasteiger charge is 2.09. The van der Waals surface area contributed by atoms with E-state index in [1.165, 1.54) is 14.0 Å². The van der Waals surface area contributed by atoms with Crippen molar-refractivity contribution in [2.45, 2.75) is 51.9 Å². The molecule has 2 amide bonds. The molecule has 0 atom stereocenters. The van der Waals surface area contributed by atoms with Crippen LogP contribution in [0.1, 0.15) is 51.9 Å². The van der Waals surface area contributed by atoms with Gasteiger partial charge in [0.15, 0.2) is 0 Å². The molecule has 0 aromatic rings. The molecule has 0 radical (unpaired) electrons. The second-order valence-corrected chi connectivity index (χ2v) is 4.76. The van der Waals surface area contributed by atoms with Gasteiger partial charge in [0.1, 0.15) is 5.78 Å². The van der Waals surface area contributed by atoms with E-state index < -0.39 is 5.91 Å². The molecular formula is C13H24N2O5. The molecule has 0 fully saturated rings. The van der Waals surface area contributed by atoms with Gasteiger partial charge < -0.3 is 0 Å². The third-order valence-electron chi connectivity index (χ3n) is 2.92. The number of unbranched alkanes of at least 4 members (excludes halogenated alkanes) is 3. The maximum Gasteiger partial charge on any atom is 0.246 e. The average Bonchev–Trinajstić information content (AvgIpc) is 2.39. The van der Waals surface area contributed by atoms with E-state index in [1.54, 1.807) is 0 Å². The van der Waals surface area contributed by atoms with Crippen LogP contribution in [0, 0.1) is 0 Å². The Hall–Kier alpha value is -1.47. The summed E-state index contributed by atoms with van der Waals surface area (Å²) < 4.78 is 0. The van der Waals surface area contributed by atoms with Crippen LogP contribution in [-0.4, -0.2) is 51.7 Å². The van der Waals surface area contributed by atoms with Crippen LogP contribution in [0.15, 0.2) is 0 Å². The number of amides is 2. The second-order valence-electron chi connectivity index (χ2n) is 4.76. The van der Waals surface area contributed by atoms with Crippen LogP contribution in [0.2, 0.25) is 0 Å². The molecule has 7 heteroatoms. The summed E-state index contributed by atoms with van der Waals surface area (Å²) in [6, 6.07) is 0. The Balaban J connectivity index is 3.49. The van der Waals surface area contributed by atoms with Crippen LogP contribution in [0.25, 0.3) is 0 Å². The first-order valence-electron chi connectivity index (χ1n) is 6.78. The fourth-order valence-corrected chi connectivity index (χ4v) is 1.63. The molecule has 2 N–H and O–H groups in total. The van der Waals surface area contributed by atoms with Crippen molar-refractivity contribution in [3.8, 4) is 0 Å². The highest BCUT2D eigenvalue weighted by Crippen LogP contribution is 2.07. The lowest BCUT2D eigenvalue weighted by Crippen LogP contribution is -2.25. The summed E-state index contributed by atoms with van der Waals surface area (Å²) in [5.41, 5.74) is 0. The molecular weight excluding hydrogens is 264 g/mol. The van der Waals surface area contributed by atoms with Crippen molar-refractivity contribution in [2.75, 3.05) is 13.6 Å². The number of hydrogen-bond donors (Lipinski definition) is 2. The highest BCUT2D eigenvalue weighted by atomic mass is 16.5. The van der Waals surface area contributed by atoms with Gasteiger partial charge >= 0.3 is 0 Å². The molecule has 0 aromatic heterocycles. The first kappa shape index (κ1) is 18.5. The Morgan fingerprint density at radius 2 is 1.50 bits per heavy atom. The zero-order chi connectivity index (χ0) is 15.5. The highest BCUT2D eigenvalue weighted by molar-refractivity contribution is 5.84. The molecule has 20 heavy (non-hydrogen) atoms. The monoisotopic (exact) mass is 288 g/mol. The van der Waals surface area contributed by atoms with E-state index in [0.29, 0.717) is 29.5 Å². The Kier molecular flexibility index (Phi) is 9.57. The van der Waals surface area contributed by atoms with E-state index in [1.807, 2.05) is 0 Å². The van der Waals surface area contributed by atoms with E-state index in [9.17, 15) is 14.4 Å². The molecule has 0 aliphatic carbocycles. The molecule has 0 unspecified atom stereocenters. The number of nitrogens with zero attached hydrogens (tertiary/aromatic N) is 2. The van der Waals surface area contributed by atoms with E-state index >= 15 is 0 Å². The number of carbonyl (C=O) groups excluding carboxylic acids is 3. The summed E-state index contributed by atoms with van der Waals surface area (Å²) in [4.78, 5) is 33.2. The number of hydroxylamine groups is 4. The number of rotatable bonds is 10. The largest absolute Gasteiger partial charge is 0.300 e. The first-order chi connectivity index (χ1) is 9.34. The molecule has 116 valence electrons. The minimum atomic E-state index is -0.467. The van der Waals surface area contributed by atoms with Crippen molar-refractivity contribution in [2.24, 2.45) is 0 Å². The maximum absolute atomic E-state index is 11.5. The van der Waals surface area contributed by atoms with Gasteiger partial charge in [0.05, 0.1) is 0 Å². The smallest absolute Gasteiger partial charge is 0.246 e. The predicted octanol–water partition coefficient (Wildman–Crippen LogP) is 1.37. The van der Waals surface area contributed by atoms with Gasteiger partial charge in [0, 0.05) is 39.8 Å². The molecule has 0 saturated carbocycles. The second kappa shape index (κ2) is 10.3.